The lowest BCUT2D eigenvalue weighted by Gasteiger charge is -2.36. The molecule has 0 bridgehead atoms. The van der Waals surface area contributed by atoms with Crippen LogP contribution in [0, 0.1) is 6.92 Å². The highest BCUT2D eigenvalue weighted by Gasteiger charge is 2.38. The minimum atomic E-state index is -4.02. The molecule has 8 nitrogen and oxygen atoms in total. The molecule has 1 heterocycles. The molecule has 1 aliphatic heterocycles. The van der Waals surface area contributed by atoms with Gasteiger partial charge in [0, 0.05) is 31.5 Å². The van der Waals surface area contributed by atoms with Crippen LogP contribution in [0.5, 0.6) is 0 Å². The van der Waals surface area contributed by atoms with Gasteiger partial charge in [-0.1, -0.05) is 35.9 Å². The molecule has 2 N–H and O–H groups in total. The average molecular weight is 539 g/mol. The first-order valence-corrected chi connectivity index (χ1v) is 14.5. The van der Waals surface area contributed by atoms with Crippen LogP contribution in [-0.4, -0.2) is 48.1 Å². The Bertz CT molecular complexity index is 1330. The molecule has 38 heavy (non-hydrogen) atoms. The third-order valence-corrected chi connectivity index (χ3v) is 8.99. The van der Waals surface area contributed by atoms with E-state index >= 15 is 0 Å². The number of hydrogen-bond donors (Lipinski definition) is 2. The molecule has 0 spiro atoms. The van der Waals surface area contributed by atoms with E-state index in [9.17, 15) is 18.0 Å². The van der Waals surface area contributed by atoms with Gasteiger partial charge in [-0.05, 0) is 75.8 Å². The Morgan fingerprint density at radius 3 is 2.55 bits per heavy atom. The van der Waals surface area contributed by atoms with Crippen LogP contribution < -0.4 is 10.6 Å². The van der Waals surface area contributed by atoms with Crippen molar-refractivity contribution >= 4 is 21.8 Å². The minimum Gasteiger partial charge on any atom is -0.339 e. The van der Waals surface area contributed by atoms with E-state index in [4.69, 9.17) is 0 Å². The number of nitrogens with zero attached hydrogens (tertiary/aromatic N) is 2. The summed E-state index contributed by atoms with van der Waals surface area (Å²) in [4.78, 5) is 28.0. The summed E-state index contributed by atoms with van der Waals surface area (Å²) in [6.45, 7) is 9.05. The molecule has 2 aromatic rings. The average Bonchev–Trinajstić information content (AvgIpc) is 2.87. The van der Waals surface area contributed by atoms with Gasteiger partial charge in [-0.15, -0.1) is 0 Å². The van der Waals surface area contributed by atoms with Crippen molar-refractivity contribution in [1.82, 2.24) is 19.8 Å². The van der Waals surface area contributed by atoms with E-state index in [2.05, 4.69) is 49.6 Å². The molecule has 1 aliphatic carbocycles. The van der Waals surface area contributed by atoms with Gasteiger partial charge in [0.15, 0.2) is 0 Å². The Morgan fingerprint density at radius 2 is 1.87 bits per heavy atom. The third-order valence-electron chi connectivity index (χ3n) is 7.20. The molecule has 0 radical (unpaired) electrons. The predicted octanol–water partition coefficient (Wildman–Crippen LogP) is 3.77. The second-order valence-electron chi connectivity index (χ2n) is 11.2. The summed E-state index contributed by atoms with van der Waals surface area (Å²) in [5, 5.41) is 6.08. The Kier molecular flexibility index (Phi) is 7.99. The van der Waals surface area contributed by atoms with Crippen molar-refractivity contribution in [3.8, 4) is 0 Å². The number of sulfonamides is 1. The monoisotopic (exact) mass is 538 g/mol. The largest absolute Gasteiger partial charge is 0.339 e. The molecule has 0 fully saturated rings. The molecule has 0 saturated heterocycles. The van der Waals surface area contributed by atoms with Crippen LogP contribution >= 0.6 is 0 Å². The zero-order chi connectivity index (χ0) is 27.7. The molecule has 0 saturated carbocycles. The van der Waals surface area contributed by atoms with Crippen LogP contribution in [0.1, 0.15) is 68.3 Å². The normalized spacial score (nSPS) is 19.6. The van der Waals surface area contributed by atoms with Gasteiger partial charge in [0.1, 0.15) is 6.04 Å². The van der Waals surface area contributed by atoms with Crippen LogP contribution in [0.15, 0.2) is 59.8 Å². The zero-order valence-electron chi connectivity index (χ0n) is 22.8. The molecule has 2 aliphatic rings. The summed E-state index contributed by atoms with van der Waals surface area (Å²) in [6.07, 6.45) is 5.08. The fourth-order valence-corrected chi connectivity index (χ4v) is 6.43. The molecular formula is C29H38N4O4S. The lowest BCUT2D eigenvalue weighted by Crippen LogP contribution is -2.51. The second-order valence-corrected chi connectivity index (χ2v) is 13.1. The number of amides is 2. The van der Waals surface area contributed by atoms with Crippen LogP contribution in [0.25, 0.3) is 0 Å². The molecule has 1 unspecified atom stereocenters. The van der Waals surface area contributed by atoms with E-state index in [0.29, 0.717) is 0 Å². The maximum absolute atomic E-state index is 13.5. The van der Waals surface area contributed by atoms with Gasteiger partial charge in [-0.3, -0.25) is 13.9 Å². The van der Waals surface area contributed by atoms with Gasteiger partial charge in [0.05, 0.1) is 17.4 Å². The molecule has 2 aromatic carbocycles. The number of nitrogens with one attached hydrogen (secondary N) is 2. The Balaban J connectivity index is 1.52. The maximum atomic E-state index is 13.5. The maximum Gasteiger partial charge on any atom is 0.264 e. The summed E-state index contributed by atoms with van der Waals surface area (Å²) >= 11 is 0. The molecule has 2 amide bonds. The molecule has 2 atom stereocenters. The molecule has 204 valence electrons. The number of carbonyl (C=O) groups is 2. The first-order valence-electron chi connectivity index (χ1n) is 13.1. The lowest BCUT2D eigenvalue weighted by molar-refractivity contribution is -0.136. The van der Waals surface area contributed by atoms with Crippen molar-refractivity contribution in [1.29, 1.82) is 0 Å². The first kappa shape index (κ1) is 27.9. The number of aryl methyl sites for hydroxylation is 2. The number of fused-ring (bicyclic) bond motifs is 1. The quantitative estimate of drug-likeness (QED) is 0.559. The van der Waals surface area contributed by atoms with Gasteiger partial charge in [-0.25, -0.2) is 8.42 Å². The second kappa shape index (κ2) is 10.9. The number of rotatable bonds is 7. The SMILES string of the molecule is Cc1ccc(S(=O)(=O)N2C=CNC(=O)C2CC(=O)N(C)[C@@H]2CCCc3cc(CNC(C)(C)C)ccc32)cc1. The fourth-order valence-electron chi connectivity index (χ4n) is 4.98. The standard InChI is InChI=1S/C29H38N4O4S/c1-20-9-12-23(13-10-20)38(36,37)33-16-15-30-28(35)26(33)18-27(34)32(5)25-8-6-7-22-17-21(11-14-24(22)25)19-31-29(2,3)4/h9-17,25-26,31H,6-8,18-19H2,1-5H3,(H,30,35)/t25-,26?/m1/s1. The summed E-state index contributed by atoms with van der Waals surface area (Å²) in [5.74, 6) is -0.800. The number of benzene rings is 2. The van der Waals surface area contributed by atoms with Crippen molar-refractivity contribution in [2.75, 3.05) is 7.05 Å². The van der Waals surface area contributed by atoms with Gasteiger partial charge < -0.3 is 15.5 Å². The van der Waals surface area contributed by atoms with E-state index in [0.717, 1.165) is 41.2 Å². The summed E-state index contributed by atoms with van der Waals surface area (Å²) in [6, 6.07) is 11.6. The van der Waals surface area contributed by atoms with E-state index in [-0.39, 0.29) is 28.8 Å². The van der Waals surface area contributed by atoms with Crippen LogP contribution in [-0.2, 0) is 32.6 Å². The first-order chi connectivity index (χ1) is 17.9. The summed E-state index contributed by atoms with van der Waals surface area (Å²) in [7, 11) is -2.27. The van der Waals surface area contributed by atoms with Gasteiger partial charge in [0.25, 0.3) is 10.0 Å². The van der Waals surface area contributed by atoms with Crippen molar-refractivity contribution in [2.24, 2.45) is 0 Å². The van der Waals surface area contributed by atoms with Crippen molar-refractivity contribution in [2.45, 2.75) is 82.4 Å². The van der Waals surface area contributed by atoms with Crippen molar-refractivity contribution < 1.29 is 18.0 Å². The Labute approximate surface area is 226 Å². The van der Waals surface area contributed by atoms with E-state index < -0.39 is 22.0 Å². The molecular weight excluding hydrogens is 500 g/mol. The summed E-state index contributed by atoms with van der Waals surface area (Å²) in [5.41, 5.74) is 4.50. The Hall–Kier alpha value is -3.17. The topological polar surface area (TPSA) is 98.8 Å². The number of carbonyl (C=O) groups excluding carboxylic acids is 2. The molecule has 0 aromatic heterocycles. The molecule has 9 heteroatoms. The zero-order valence-corrected chi connectivity index (χ0v) is 23.6. The smallest absolute Gasteiger partial charge is 0.264 e. The highest BCUT2D eigenvalue weighted by molar-refractivity contribution is 7.89. The van der Waals surface area contributed by atoms with Crippen LogP contribution in [0.2, 0.25) is 0 Å². The van der Waals surface area contributed by atoms with Crippen molar-refractivity contribution in [3.05, 3.63) is 77.1 Å². The van der Waals surface area contributed by atoms with Crippen LogP contribution in [0.3, 0.4) is 0 Å². The highest BCUT2D eigenvalue weighted by Crippen LogP contribution is 2.35. The van der Waals surface area contributed by atoms with Gasteiger partial charge >= 0.3 is 0 Å². The van der Waals surface area contributed by atoms with E-state index in [1.165, 1.54) is 35.7 Å². The third kappa shape index (κ3) is 6.10. The summed E-state index contributed by atoms with van der Waals surface area (Å²) < 4.78 is 27.8. The van der Waals surface area contributed by atoms with E-state index in [1.807, 2.05) is 6.92 Å². The molecule has 4 rings (SSSR count). The lowest BCUT2D eigenvalue weighted by atomic mass is 9.85. The fraction of sp³-hybridized carbons (Fsp3) is 0.448. The Morgan fingerprint density at radius 1 is 1.16 bits per heavy atom. The minimum absolute atomic E-state index is 0.0203. The number of hydrogen-bond acceptors (Lipinski definition) is 5. The highest BCUT2D eigenvalue weighted by atomic mass is 32.2. The van der Waals surface area contributed by atoms with Crippen molar-refractivity contribution in [3.63, 3.8) is 0 Å². The van der Waals surface area contributed by atoms with Gasteiger partial charge in [0.2, 0.25) is 11.8 Å². The predicted molar refractivity (Wildman–Crippen MR) is 147 cm³/mol. The van der Waals surface area contributed by atoms with Crippen LogP contribution in [0.4, 0.5) is 0 Å². The van der Waals surface area contributed by atoms with Gasteiger partial charge in [-0.2, -0.15) is 0 Å². The van der Waals surface area contributed by atoms with E-state index in [1.54, 1.807) is 24.1 Å².